The number of alkyl halides is 7. The third-order valence-corrected chi connectivity index (χ3v) is 2.20. The summed E-state index contributed by atoms with van der Waals surface area (Å²) in [4.78, 5) is 0. The van der Waals surface area contributed by atoms with Gasteiger partial charge in [0.25, 0.3) is 0 Å². The Hall–Kier alpha value is -0.530. The summed E-state index contributed by atoms with van der Waals surface area (Å²) in [7, 11) is 0. The van der Waals surface area contributed by atoms with Crippen LogP contribution in [-0.2, 0) is 5.11 Å². The molecule has 0 fully saturated rings. The quantitative estimate of drug-likeness (QED) is 0.487. The lowest BCUT2D eigenvalue weighted by molar-refractivity contribution is -0.355. The van der Waals surface area contributed by atoms with Crippen LogP contribution in [0.3, 0.4) is 0 Å². The largest absolute Gasteiger partial charge is 0.459 e. The van der Waals surface area contributed by atoms with Crippen LogP contribution in [0.1, 0.15) is 32.1 Å². The smallest absolute Gasteiger partial charge is 0.237 e. The van der Waals surface area contributed by atoms with E-state index in [9.17, 15) is 35.8 Å². The fraction of sp³-hybridized carbons (Fsp3) is 1.00. The van der Waals surface area contributed by atoms with Crippen LogP contribution >= 0.6 is 0 Å². The van der Waals surface area contributed by atoms with Crippen molar-refractivity contribution in [2.75, 3.05) is 6.61 Å². The Morgan fingerprint density at radius 2 is 1.18 bits per heavy atom. The van der Waals surface area contributed by atoms with Crippen LogP contribution in [0.2, 0.25) is 0 Å². The molecule has 8 heteroatoms. The van der Waals surface area contributed by atoms with Crippen LogP contribution in [0.15, 0.2) is 0 Å². The molecule has 1 radical (unpaired) electrons. The van der Waals surface area contributed by atoms with E-state index in [-0.39, 0.29) is 19.3 Å². The summed E-state index contributed by atoms with van der Waals surface area (Å²) in [6.07, 6.45) is -7.80. The minimum atomic E-state index is -6.26. The molecule has 0 saturated heterocycles. The van der Waals surface area contributed by atoms with Gasteiger partial charge in [-0.15, -0.1) is 0 Å². The minimum absolute atomic E-state index is 0.0335. The van der Waals surface area contributed by atoms with Gasteiger partial charge in [0.2, 0.25) is 0 Å². The van der Waals surface area contributed by atoms with Gasteiger partial charge >= 0.3 is 18.0 Å². The van der Waals surface area contributed by atoms with Crippen LogP contribution < -0.4 is 0 Å². The van der Waals surface area contributed by atoms with Gasteiger partial charge in [-0.2, -0.15) is 30.7 Å². The molecule has 0 aromatic heterocycles. The molecule has 0 aliphatic carbocycles. The molecular formula is C9H12F7O. The topological polar surface area (TPSA) is 19.9 Å². The lowest BCUT2D eigenvalue weighted by Crippen LogP contribution is -2.51. The molecule has 0 spiro atoms. The molecular weight excluding hydrogens is 257 g/mol. The molecule has 1 nitrogen and oxygen atoms in total. The average Bonchev–Trinajstić information content (AvgIpc) is 2.15. The molecule has 0 rings (SSSR count). The van der Waals surface area contributed by atoms with E-state index < -0.39 is 37.5 Å². The van der Waals surface area contributed by atoms with Gasteiger partial charge < -0.3 is 0 Å². The Balaban J connectivity index is 4.28. The van der Waals surface area contributed by atoms with Crippen molar-refractivity contribution in [2.24, 2.45) is 0 Å². The number of hydrogen-bond donors (Lipinski definition) is 0. The first-order valence-electron chi connectivity index (χ1n) is 4.97. The second kappa shape index (κ2) is 5.88. The zero-order valence-electron chi connectivity index (χ0n) is 8.80. The van der Waals surface area contributed by atoms with E-state index in [0.29, 0.717) is 0 Å². The highest BCUT2D eigenvalue weighted by Crippen LogP contribution is 2.48. The predicted molar refractivity (Wildman–Crippen MR) is 44.6 cm³/mol. The van der Waals surface area contributed by atoms with Crippen molar-refractivity contribution in [3.8, 4) is 0 Å². The maximum atomic E-state index is 12.7. The van der Waals surface area contributed by atoms with Gasteiger partial charge in [0.1, 0.15) is 0 Å². The van der Waals surface area contributed by atoms with Gasteiger partial charge in [-0.1, -0.05) is 12.8 Å². The van der Waals surface area contributed by atoms with Gasteiger partial charge in [-0.3, -0.25) is 0 Å². The number of rotatable bonds is 7. The Kier molecular flexibility index (Phi) is 5.70. The van der Waals surface area contributed by atoms with Crippen LogP contribution in [0.25, 0.3) is 0 Å². The fourth-order valence-electron chi connectivity index (χ4n) is 1.17. The van der Waals surface area contributed by atoms with E-state index >= 15 is 0 Å². The van der Waals surface area contributed by atoms with Crippen LogP contribution in [0, 0.1) is 0 Å². The molecule has 0 bridgehead atoms. The second-order valence-electron chi connectivity index (χ2n) is 3.64. The Labute approximate surface area is 93.6 Å². The Morgan fingerprint density at radius 3 is 1.59 bits per heavy atom. The van der Waals surface area contributed by atoms with Gasteiger partial charge in [0, 0.05) is 6.42 Å². The Bertz CT molecular complexity index is 224. The molecule has 0 aromatic carbocycles. The highest BCUT2D eigenvalue weighted by molar-refractivity contribution is 4.90. The maximum absolute atomic E-state index is 12.7. The normalized spacial score (nSPS) is 14.1. The van der Waals surface area contributed by atoms with Crippen molar-refractivity contribution in [1.29, 1.82) is 0 Å². The van der Waals surface area contributed by atoms with Crippen molar-refractivity contribution >= 4 is 0 Å². The van der Waals surface area contributed by atoms with E-state index in [4.69, 9.17) is 0 Å². The summed E-state index contributed by atoms with van der Waals surface area (Å²) in [6, 6.07) is 0. The lowest BCUT2D eigenvalue weighted by atomic mass is 10.0. The first-order valence-corrected chi connectivity index (χ1v) is 4.97. The molecule has 103 valence electrons. The van der Waals surface area contributed by atoms with E-state index in [1.807, 2.05) is 0 Å². The summed E-state index contributed by atoms with van der Waals surface area (Å²) in [5, 5.41) is 9.96. The van der Waals surface area contributed by atoms with E-state index in [0.717, 1.165) is 0 Å². The lowest BCUT2D eigenvalue weighted by Gasteiger charge is -2.28. The molecule has 0 heterocycles. The van der Waals surface area contributed by atoms with Crippen LogP contribution in [-0.4, -0.2) is 24.6 Å². The van der Waals surface area contributed by atoms with Gasteiger partial charge in [-0.25, -0.2) is 5.11 Å². The first kappa shape index (κ1) is 16.5. The minimum Gasteiger partial charge on any atom is -0.237 e. The summed E-state index contributed by atoms with van der Waals surface area (Å²) in [6.45, 7) is -0.422. The van der Waals surface area contributed by atoms with E-state index in [2.05, 4.69) is 0 Å². The molecule has 0 unspecified atom stereocenters. The molecule has 17 heavy (non-hydrogen) atoms. The maximum Gasteiger partial charge on any atom is 0.459 e. The number of unbranched alkanes of at least 4 members (excludes halogenated alkanes) is 3. The average molecular weight is 269 g/mol. The third-order valence-electron chi connectivity index (χ3n) is 2.20. The molecule has 0 aliphatic rings. The van der Waals surface area contributed by atoms with Crippen molar-refractivity contribution in [3.05, 3.63) is 0 Å². The standard InChI is InChI=1S/C9H12F7O/c10-7(11,5-3-1-2-4-6-17)8(12,13)9(14,15)16/h1-6H2. The summed E-state index contributed by atoms with van der Waals surface area (Å²) < 4.78 is 85.1. The Morgan fingerprint density at radius 1 is 0.706 bits per heavy atom. The molecule has 0 saturated carbocycles. The summed E-state index contributed by atoms with van der Waals surface area (Å²) in [5.41, 5.74) is 0. The summed E-state index contributed by atoms with van der Waals surface area (Å²) in [5.74, 6) is -11.1. The van der Waals surface area contributed by atoms with Crippen LogP contribution in [0.4, 0.5) is 30.7 Å². The molecule has 0 N–H and O–H groups in total. The third kappa shape index (κ3) is 4.33. The van der Waals surface area contributed by atoms with E-state index in [1.165, 1.54) is 0 Å². The zero-order chi connectivity index (χ0) is 13.7. The van der Waals surface area contributed by atoms with E-state index in [1.54, 1.807) is 0 Å². The van der Waals surface area contributed by atoms with Gasteiger partial charge in [-0.05, 0) is 12.8 Å². The number of hydrogen-bond acceptors (Lipinski definition) is 0. The SMILES string of the molecule is [O]CCCCCCC(F)(F)C(F)(F)C(F)(F)F. The summed E-state index contributed by atoms with van der Waals surface area (Å²) >= 11 is 0. The van der Waals surface area contributed by atoms with Crippen molar-refractivity contribution < 1.29 is 35.8 Å². The van der Waals surface area contributed by atoms with Crippen LogP contribution in [0.5, 0.6) is 0 Å². The van der Waals surface area contributed by atoms with Crippen molar-refractivity contribution in [2.45, 2.75) is 50.1 Å². The first-order chi connectivity index (χ1) is 7.56. The second-order valence-corrected chi connectivity index (χ2v) is 3.64. The highest BCUT2D eigenvalue weighted by Gasteiger charge is 2.72. The van der Waals surface area contributed by atoms with Gasteiger partial charge in [0.05, 0.1) is 6.61 Å². The van der Waals surface area contributed by atoms with Crippen molar-refractivity contribution in [3.63, 3.8) is 0 Å². The molecule has 0 atom stereocenters. The predicted octanol–water partition coefficient (Wildman–Crippen LogP) is 4.20. The van der Waals surface area contributed by atoms with Crippen molar-refractivity contribution in [1.82, 2.24) is 0 Å². The molecule has 0 amide bonds. The zero-order valence-corrected chi connectivity index (χ0v) is 8.80. The highest BCUT2D eigenvalue weighted by atomic mass is 19.4. The monoisotopic (exact) mass is 269 g/mol. The fourth-order valence-corrected chi connectivity index (χ4v) is 1.17. The number of halogens is 7. The molecule has 0 aliphatic heterocycles. The van der Waals surface area contributed by atoms with Gasteiger partial charge in [0.15, 0.2) is 0 Å². The molecule has 0 aromatic rings.